The van der Waals surface area contributed by atoms with Crippen LogP contribution in [0.25, 0.3) is 0 Å². The Morgan fingerprint density at radius 1 is 1.35 bits per heavy atom. The molecular formula is C12H17N3O4S. The molecule has 8 heteroatoms. The fourth-order valence-electron chi connectivity index (χ4n) is 2.53. The van der Waals surface area contributed by atoms with Crippen LogP contribution in [0.2, 0.25) is 0 Å². The number of nitrogens with two attached hydrogens (primary N) is 1. The number of nitrogen functional groups attached to an aromatic ring is 1. The summed E-state index contributed by atoms with van der Waals surface area (Å²) in [6, 6.07) is 3.55. The van der Waals surface area contributed by atoms with Gasteiger partial charge in [0.1, 0.15) is 0 Å². The van der Waals surface area contributed by atoms with Crippen molar-refractivity contribution < 1.29 is 13.3 Å². The van der Waals surface area contributed by atoms with Crippen LogP contribution in [0.1, 0.15) is 32.6 Å². The van der Waals surface area contributed by atoms with E-state index in [2.05, 4.69) is 4.72 Å². The maximum Gasteiger partial charge on any atom is 0.289 e. The number of hydrogen-bond donors (Lipinski definition) is 2. The first kappa shape index (κ1) is 14.7. The molecule has 1 aliphatic carbocycles. The Hall–Kier alpha value is -1.67. The minimum Gasteiger partial charge on any atom is -0.399 e. The molecule has 0 unspecified atom stereocenters. The number of nitro benzene ring substituents is 1. The van der Waals surface area contributed by atoms with Gasteiger partial charge in [0.05, 0.1) is 4.92 Å². The molecule has 0 aliphatic heterocycles. The van der Waals surface area contributed by atoms with Crippen molar-refractivity contribution in [3.8, 4) is 0 Å². The van der Waals surface area contributed by atoms with Gasteiger partial charge >= 0.3 is 0 Å². The van der Waals surface area contributed by atoms with Gasteiger partial charge in [-0.3, -0.25) is 10.1 Å². The largest absolute Gasteiger partial charge is 0.399 e. The van der Waals surface area contributed by atoms with Gasteiger partial charge in [-0.15, -0.1) is 0 Å². The first-order valence-electron chi connectivity index (χ1n) is 6.31. The molecule has 0 atom stereocenters. The van der Waals surface area contributed by atoms with Crippen LogP contribution >= 0.6 is 0 Å². The number of anilines is 1. The SMILES string of the molecule is CC1(NS(=O)(=O)c2cc(N)ccc2[N+](=O)[O-])CCCC1. The maximum atomic E-state index is 12.4. The molecule has 7 nitrogen and oxygen atoms in total. The molecule has 0 saturated heterocycles. The number of nitrogens with one attached hydrogen (secondary N) is 1. The fraction of sp³-hybridized carbons (Fsp3) is 0.500. The zero-order valence-electron chi connectivity index (χ0n) is 11.1. The van der Waals surface area contributed by atoms with Crippen LogP contribution < -0.4 is 10.5 Å². The average molecular weight is 299 g/mol. The van der Waals surface area contributed by atoms with E-state index in [4.69, 9.17) is 5.73 Å². The van der Waals surface area contributed by atoms with Crippen molar-refractivity contribution in [1.29, 1.82) is 0 Å². The molecule has 3 N–H and O–H groups in total. The van der Waals surface area contributed by atoms with Crippen LogP contribution in [0, 0.1) is 10.1 Å². The van der Waals surface area contributed by atoms with Crippen molar-refractivity contribution in [2.75, 3.05) is 5.73 Å². The van der Waals surface area contributed by atoms with E-state index in [0.29, 0.717) is 0 Å². The highest BCUT2D eigenvalue weighted by Gasteiger charge is 2.36. The molecule has 0 bridgehead atoms. The number of rotatable bonds is 4. The molecule has 0 radical (unpaired) electrons. The quantitative estimate of drug-likeness (QED) is 0.499. The highest BCUT2D eigenvalue weighted by molar-refractivity contribution is 7.89. The fourth-order valence-corrected chi connectivity index (χ4v) is 4.21. The predicted molar refractivity (Wildman–Crippen MR) is 74.7 cm³/mol. The van der Waals surface area contributed by atoms with Crippen molar-refractivity contribution in [3.05, 3.63) is 28.3 Å². The van der Waals surface area contributed by atoms with Crippen molar-refractivity contribution in [3.63, 3.8) is 0 Å². The summed E-state index contributed by atoms with van der Waals surface area (Å²) in [4.78, 5) is 9.87. The van der Waals surface area contributed by atoms with E-state index in [0.717, 1.165) is 37.8 Å². The Morgan fingerprint density at radius 2 is 1.95 bits per heavy atom. The molecule has 1 saturated carbocycles. The Kier molecular flexibility index (Phi) is 3.70. The Bertz CT molecular complexity index is 636. The van der Waals surface area contributed by atoms with Gasteiger partial charge in [-0.2, -0.15) is 0 Å². The molecule has 1 aliphatic rings. The number of nitro groups is 1. The highest BCUT2D eigenvalue weighted by atomic mass is 32.2. The molecule has 2 rings (SSSR count). The Balaban J connectivity index is 2.43. The van der Waals surface area contributed by atoms with Gasteiger partial charge < -0.3 is 5.73 Å². The van der Waals surface area contributed by atoms with Gasteiger partial charge in [0.25, 0.3) is 5.69 Å². The summed E-state index contributed by atoms with van der Waals surface area (Å²) in [5, 5.41) is 11.0. The van der Waals surface area contributed by atoms with Gasteiger partial charge in [0.2, 0.25) is 10.0 Å². The monoisotopic (exact) mass is 299 g/mol. The number of sulfonamides is 1. The van der Waals surface area contributed by atoms with E-state index in [1.807, 2.05) is 6.92 Å². The number of nitrogens with zero attached hydrogens (tertiary/aromatic N) is 1. The summed E-state index contributed by atoms with van der Waals surface area (Å²) in [6.07, 6.45) is 3.33. The van der Waals surface area contributed by atoms with Crippen molar-refractivity contribution in [1.82, 2.24) is 4.72 Å². The first-order valence-corrected chi connectivity index (χ1v) is 7.80. The molecule has 0 aromatic heterocycles. The van der Waals surface area contributed by atoms with Crippen LogP contribution in [0.4, 0.5) is 11.4 Å². The van der Waals surface area contributed by atoms with Crippen molar-refractivity contribution in [2.24, 2.45) is 0 Å². The van der Waals surface area contributed by atoms with Gasteiger partial charge in [-0.25, -0.2) is 13.1 Å². The summed E-state index contributed by atoms with van der Waals surface area (Å²) in [6.45, 7) is 1.82. The molecule has 110 valence electrons. The van der Waals surface area contributed by atoms with E-state index >= 15 is 0 Å². The second-order valence-electron chi connectivity index (χ2n) is 5.36. The van der Waals surface area contributed by atoms with E-state index in [1.165, 1.54) is 6.07 Å². The van der Waals surface area contributed by atoms with E-state index in [1.54, 1.807) is 0 Å². The van der Waals surface area contributed by atoms with Crippen molar-refractivity contribution >= 4 is 21.4 Å². The topological polar surface area (TPSA) is 115 Å². The zero-order valence-corrected chi connectivity index (χ0v) is 11.9. The van der Waals surface area contributed by atoms with Gasteiger partial charge in [-0.1, -0.05) is 12.8 Å². The average Bonchev–Trinajstić information content (AvgIpc) is 2.74. The number of hydrogen-bond acceptors (Lipinski definition) is 5. The van der Waals surface area contributed by atoms with Gasteiger partial charge in [-0.05, 0) is 31.9 Å². The minimum absolute atomic E-state index is 0.174. The molecule has 1 aromatic carbocycles. The molecule has 0 amide bonds. The zero-order chi connectivity index (χ0) is 15.0. The minimum atomic E-state index is -3.97. The molecular weight excluding hydrogens is 282 g/mol. The van der Waals surface area contributed by atoms with Crippen LogP contribution in [-0.2, 0) is 10.0 Å². The molecule has 20 heavy (non-hydrogen) atoms. The molecule has 0 heterocycles. The normalized spacial score (nSPS) is 18.1. The smallest absolute Gasteiger partial charge is 0.289 e. The Morgan fingerprint density at radius 3 is 2.50 bits per heavy atom. The summed E-state index contributed by atoms with van der Waals surface area (Å²) >= 11 is 0. The molecule has 1 fully saturated rings. The van der Waals surface area contributed by atoms with Crippen molar-refractivity contribution in [2.45, 2.75) is 43.0 Å². The van der Waals surface area contributed by atoms with E-state index in [-0.39, 0.29) is 10.6 Å². The van der Waals surface area contributed by atoms with E-state index in [9.17, 15) is 18.5 Å². The summed E-state index contributed by atoms with van der Waals surface area (Å²) < 4.78 is 27.4. The lowest BCUT2D eigenvalue weighted by molar-refractivity contribution is -0.387. The first-order chi connectivity index (χ1) is 9.23. The third-order valence-electron chi connectivity index (χ3n) is 3.56. The van der Waals surface area contributed by atoms with Crippen LogP contribution in [0.3, 0.4) is 0 Å². The standard InChI is InChI=1S/C12H17N3O4S/c1-12(6-2-3-7-12)14-20(18,19)11-8-9(13)4-5-10(11)15(16)17/h4-5,8,14H,2-3,6-7,13H2,1H3. The maximum absolute atomic E-state index is 12.4. The third-order valence-corrected chi connectivity index (χ3v) is 5.23. The summed E-state index contributed by atoms with van der Waals surface area (Å²) in [5.74, 6) is 0. The van der Waals surface area contributed by atoms with Crippen LogP contribution in [0.15, 0.2) is 23.1 Å². The predicted octanol–water partition coefficient (Wildman–Crippen LogP) is 1.79. The second-order valence-corrected chi connectivity index (χ2v) is 7.01. The highest BCUT2D eigenvalue weighted by Crippen LogP contribution is 2.33. The van der Waals surface area contributed by atoms with Crippen LogP contribution in [0.5, 0.6) is 0 Å². The molecule has 0 spiro atoms. The third kappa shape index (κ3) is 2.91. The lowest BCUT2D eigenvalue weighted by Crippen LogP contribution is -2.43. The summed E-state index contributed by atoms with van der Waals surface area (Å²) in [7, 11) is -3.97. The lowest BCUT2D eigenvalue weighted by Gasteiger charge is -2.24. The van der Waals surface area contributed by atoms with Gasteiger partial charge in [0, 0.05) is 17.3 Å². The lowest BCUT2D eigenvalue weighted by atomic mass is 10.0. The Labute approximate surface area is 117 Å². The summed E-state index contributed by atoms with van der Waals surface area (Å²) in [5.41, 5.74) is 4.72. The second kappa shape index (κ2) is 5.02. The van der Waals surface area contributed by atoms with Gasteiger partial charge in [0.15, 0.2) is 4.90 Å². The molecule has 1 aromatic rings. The van der Waals surface area contributed by atoms with E-state index < -0.39 is 26.2 Å². The van der Waals surface area contributed by atoms with Crippen LogP contribution in [-0.4, -0.2) is 18.9 Å². The number of benzene rings is 1.